The number of fused-ring (bicyclic) bond motifs is 1. The van der Waals surface area contributed by atoms with E-state index < -0.39 is 0 Å². The van der Waals surface area contributed by atoms with Crippen molar-refractivity contribution >= 4 is 12.0 Å². The fourth-order valence-electron chi connectivity index (χ4n) is 2.76. The summed E-state index contributed by atoms with van der Waals surface area (Å²) in [6.07, 6.45) is 3.28. The zero-order chi connectivity index (χ0) is 17.1. The molecule has 1 aliphatic heterocycles. The van der Waals surface area contributed by atoms with Gasteiger partial charge < -0.3 is 19.2 Å². The lowest BCUT2D eigenvalue weighted by molar-refractivity contribution is -0.117. The van der Waals surface area contributed by atoms with Crippen LogP contribution in [0, 0.1) is 13.8 Å². The maximum Gasteiger partial charge on any atom is 0.244 e. The average Bonchev–Trinajstić information content (AvgIpc) is 2.91. The summed E-state index contributed by atoms with van der Waals surface area (Å²) in [6, 6.07) is 7.45. The largest absolute Gasteiger partial charge is 0.486 e. The van der Waals surface area contributed by atoms with Gasteiger partial charge in [-0.15, -0.1) is 0 Å². The highest BCUT2D eigenvalue weighted by Crippen LogP contribution is 2.31. The van der Waals surface area contributed by atoms with Gasteiger partial charge in [0.2, 0.25) is 5.91 Å². The van der Waals surface area contributed by atoms with Gasteiger partial charge in [-0.1, -0.05) is 6.07 Å². The van der Waals surface area contributed by atoms with Crippen molar-refractivity contribution in [2.75, 3.05) is 13.2 Å². The van der Waals surface area contributed by atoms with Gasteiger partial charge in [0, 0.05) is 11.6 Å². The smallest absolute Gasteiger partial charge is 0.244 e. The molecule has 1 aromatic heterocycles. The molecule has 24 heavy (non-hydrogen) atoms. The number of rotatable bonds is 4. The maximum atomic E-state index is 12.1. The van der Waals surface area contributed by atoms with Crippen molar-refractivity contribution in [2.24, 2.45) is 0 Å². The summed E-state index contributed by atoms with van der Waals surface area (Å²) in [5, 5.41) is 2.94. The molecule has 0 saturated heterocycles. The highest BCUT2D eigenvalue weighted by molar-refractivity contribution is 5.92. The molecule has 2 heterocycles. The van der Waals surface area contributed by atoms with E-state index in [1.807, 2.05) is 45.0 Å². The first-order chi connectivity index (χ1) is 11.5. The summed E-state index contributed by atoms with van der Waals surface area (Å²) in [4.78, 5) is 12.1. The van der Waals surface area contributed by atoms with Gasteiger partial charge in [0.05, 0.1) is 6.04 Å². The van der Waals surface area contributed by atoms with Gasteiger partial charge in [-0.05, 0) is 50.6 Å². The van der Waals surface area contributed by atoms with Gasteiger partial charge in [-0.3, -0.25) is 4.79 Å². The Hall–Kier alpha value is -2.69. The van der Waals surface area contributed by atoms with Crippen LogP contribution < -0.4 is 14.8 Å². The number of hydrogen-bond donors (Lipinski definition) is 1. The van der Waals surface area contributed by atoms with E-state index in [0.717, 1.165) is 28.4 Å². The second-order valence-electron chi connectivity index (χ2n) is 5.84. The van der Waals surface area contributed by atoms with Crippen LogP contribution in [0.1, 0.15) is 35.6 Å². The predicted octanol–water partition coefficient (Wildman–Crippen LogP) is 3.56. The fraction of sp³-hybridized carbons (Fsp3) is 0.316. The Morgan fingerprint density at radius 2 is 1.92 bits per heavy atom. The molecule has 5 nitrogen and oxygen atoms in total. The SMILES string of the molecule is Cc1cc(C(C)NC(=O)C=Cc2ccc3c(c2)OCCO3)c(C)o1. The van der Waals surface area contributed by atoms with Crippen LogP contribution in [0.4, 0.5) is 0 Å². The monoisotopic (exact) mass is 327 g/mol. The average molecular weight is 327 g/mol. The minimum absolute atomic E-state index is 0.111. The summed E-state index contributed by atoms with van der Waals surface area (Å²) in [5.74, 6) is 2.96. The number of amides is 1. The van der Waals surface area contributed by atoms with E-state index >= 15 is 0 Å². The first-order valence-electron chi connectivity index (χ1n) is 7.98. The summed E-state index contributed by atoms with van der Waals surface area (Å²) >= 11 is 0. The third kappa shape index (κ3) is 3.62. The van der Waals surface area contributed by atoms with Crippen molar-refractivity contribution in [1.29, 1.82) is 0 Å². The molecule has 0 radical (unpaired) electrons. The highest BCUT2D eigenvalue weighted by atomic mass is 16.6. The van der Waals surface area contributed by atoms with Crippen molar-refractivity contribution in [1.82, 2.24) is 5.32 Å². The van der Waals surface area contributed by atoms with E-state index in [9.17, 15) is 4.79 Å². The molecule has 2 aromatic rings. The van der Waals surface area contributed by atoms with Crippen molar-refractivity contribution in [3.63, 3.8) is 0 Å². The molecule has 0 aliphatic carbocycles. The Morgan fingerprint density at radius 1 is 1.17 bits per heavy atom. The quantitative estimate of drug-likeness (QED) is 0.872. The molecule has 0 spiro atoms. The Labute approximate surface area is 141 Å². The van der Waals surface area contributed by atoms with Gasteiger partial charge in [0.15, 0.2) is 11.5 Å². The molecule has 1 aromatic carbocycles. The van der Waals surface area contributed by atoms with E-state index in [-0.39, 0.29) is 11.9 Å². The van der Waals surface area contributed by atoms with E-state index in [1.54, 1.807) is 6.08 Å². The first-order valence-corrected chi connectivity index (χ1v) is 7.98. The Morgan fingerprint density at radius 3 is 2.62 bits per heavy atom. The van der Waals surface area contributed by atoms with Crippen molar-refractivity contribution in [3.05, 3.63) is 53.0 Å². The molecule has 1 aliphatic rings. The molecule has 1 unspecified atom stereocenters. The predicted molar refractivity (Wildman–Crippen MR) is 91.2 cm³/mol. The number of hydrogen-bond acceptors (Lipinski definition) is 4. The van der Waals surface area contributed by atoms with Crippen LogP contribution in [0.15, 0.2) is 34.8 Å². The van der Waals surface area contributed by atoms with Crippen LogP contribution in [-0.2, 0) is 4.79 Å². The third-order valence-corrected chi connectivity index (χ3v) is 3.90. The van der Waals surface area contributed by atoms with Gasteiger partial charge in [-0.2, -0.15) is 0 Å². The summed E-state index contributed by atoms with van der Waals surface area (Å²) in [5.41, 5.74) is 1.88. The Bertz CT molecular complexity index is 776. The van der Waals surface area contributed by atoms with Crippen molar-refractivity contribution in [2.45, 2.75) is 26.8 Å². The number of ether oxygens (including phenoxy) is 2. The van der Waals surface area contributed by atoms with E-state index in [1.165, 1.54) is 6.08 Å². The van der Waals surface area contributed by atoms with Crippen LogP contribution in [0.25, 0.3) is 6.08 Å². The Balaban J connectivity index is 1.64. The minimum Gasteiger partial charge on any atom is -0.486 e. The van der Waals surface area contributed by atoms with Crippen LogP contribution in [0.2, 0.25) is 0 Å². The minimum atomic E-state index is -0.157. The molecular weight excluding hydrogens is 306 g/mol. The molecule has 5 heteroatoms. The molecule has 1 N–H and O–H groups in total. The van der Waals surface area contributed by atoms with Crippen LogP contribution in [-0.4, -0.2) is 19.1 Å². The molecule has 1 amide bonds. The van der Waals surface area contributed by atoms with Gasteiger partial charge in [0.1, 0.15) is 24.7 Å². The van der Waals surface area contributed by atoms with Crippen LogP contribution >= 0.6 is 0 Å². The second-order valence-corrected chi connectivity index (χ2v) is 5.84. The second kappa shape index (κ2) is 6.83. The molecule has 1 atom stereocenters. The lowest BCUT2D eigenvalue weighted by Crippen LogP contribution is -2.24. The molecule has 3 rings (SSSR count). The van der Waals surface area contributed by atoms with Crippen LogP contribution in [0.3, 0.4) is 0 Å². The lowest BCUT2D eigenvalue weighted by Gasteiger charge is -2.18. The summed E-state index contributed by atoms with van der Waals surface area (Å²) in [7, 11) is 0. The van der Waals surface area contributed by atoms with E-state index in [2.05, 4.69) is 5.32 Å². The van der Waals surface area contributed by atoms with Crippen LogP contribution in [0.5, 0.6) is 11.5 Å². The Kier molecular flexibility index (Phi) is 4.60. The number of carbonyl (C=O) groups excluding carboxylic acids is 1. The summed E-state index contributed by atoms with van der Waals surface area (Å²) in [6.45, 7) is 6.84. The zero-order valence-electron chi connectivity index (χ0n) is 14.1. The van der Waals surface area contributed by atoms with Gasteiger partial charge >= 0.3 is 0 Å². The zero-order valence-corrected chi connectivity index (χ0v) is 14.1. The molecule has 0 fully saturated rings. The molecule has 0 saturated carbocycles. The van der Waals surface area contributed by atoms with Gasteiger partial charge in [0.25, 0.3) is 0 Å². The summed E-state index contributed by atoms with van der Waals surface area (Å²) < 4.78 is 16.5. The van der Waals surface area contributed by atoms with Crippen molar-refractivity contribution in [3.8, 4) is 11.5 Å². The standard InChI is InChI=1S/C19H21NO4/c1-12-10-16(14(3)24-12)13(2)20-19(21)7-5-15-4-6-17-18(11-15)23-9-8-22-17/h4-7,10-11,13H,8-9H2,1-3H3,(H,20,21). The lowest BCUT2D eigenvalue weighted by atomic mass is 10.1. The fourth-order valence-corrected chi connectivity index (χ4v) is 2.76. The topological polar surface area (TPSA) is 60.7 Å². The van der Waals surface area contributed by atoms with Gasteiger partial charge in [-0.25, -0.2) is 0 Å². The van der Waals surface area contributed by atoms with Crippen molar-refractivity contribution < 1.29 is 18.7 Å². The number of benzene rings is 1. The third-order valence-electron chi connectivity index (χ3n) is 3.90. The number of aryl methyl sites for hydroxylation is 2. The maximum absolute atomic E-state index is 12.1. The number of nitrogens with one attached hydrogen (secondary N) is 1. The van der Waals surface area contributed by atoms with E-state index in [4.69, 9.17) is 13.9 Å². The number of carbonyl (C=O) groups is 1. The van der Waals surface area contributed by atoms with E-state index in [0.29, 0.717) is 19.0 Å². The first kappa shape index (κ1) is 16.2. The normalized spacial score (nSPS) is 14.6. The molecule has 0 bridgehead atoms. The molecular formula is C19H21NO4. The number of furan rings is 1. The molecule has 126 valence electrons. The highest BCUT2D eigenvalue weighted by Gasteiger charge is 2.14.